The number of carbonyl (C=O) groups excluding carboxylic acids is 1. The van der Waals surface area contributed by atoms with Crippen molar-refractivity contribution < 1.29 is 35.9 Å². The van der Waals surface area contributed by atoms with Crippen LogP contribution in [0.2, 0.25) is 0 Å². The van der Waals surface area contributed by atoms with Crippen LogP contribution in [0.25, 0.3) is 10.2 Å². The van der Waals surface area contributed by atoms with Crippen LogP contribution < -0.4 is 5.32 Å². The second-order valence-corrected chi connectivity index (χ2v) is 8.14. The molecule has 0 atom stereocenters. The van der Waals surface area contributed by atoms with E-state index in [0.29, 0.717) is 29.2 Å². The predicted octanol–water partition coefficient (Wildman–Crippen LogP) is 5.66. The first-order valence-corrected chi connectivity index (χ1v) is 9.96. The molecule has 160 valence electrons. The van der Waals surface area contributed by atoms with Crippen molar-refractivity contribution in [1.29, 1.82) is 0 Å². The molecule has 0 saturated carbocycles. The molecule has 1 N–H and O–H groups in total. The Morgan fingerprint density at radius 2 is 1.97 bits per heavy atom. The van der Waals surface area contributed by atoms with Crippen molar-refractivity contribution in [3.63, 3.8) is 0 Å². The number of benzene rings is 1. The van der Waals surface area contributed by atoms with E-state index in [1.54, 1.807) is 6.08 Å². The summed E-state index contributed by atoms with van der Waals surface area (Å²) in [7, 11) is 0. The minimum Gasteiger partial charge on any atom is -0.377 e. The molecule has 0 fully saturated rings. The summed E-state index contributed by atoms with van der Waals surface area (Å²) in [5.41, 5.74) is 0.700. The number of fused-ring (bicyclic) bond motifs is 1. The van der Waals surface area contributed by atoms with Gasteiger partial charge < -0.3 is 10.1 Å². The first-order chi connectivity index (χ1) is 13.5. The number of anilines is 1. The number of carbonyl (C=O) groups is 1. The maximum absolute atomic E-state index is 12.6. The third-order valence-electron chi connectivity index (χ3n) is 3.52. The molecule has 0 spiro atoms. The van der Waals surface area contributed by atoms with Gasteiger partial charge in [-0.15, -0.1) is 17.9 Å². The Labute approximate surface area is 170 Å². The monoisotopic (exact) mass is 458 g/mol. The minimum absolute atomic E-state index is 0.0973. The summed E-state index contributed by atoms with van der Waals surface area (Å²) in [6, 6.07) is 4.36. The molecule has 4 nitrogen and oxygen atoms in total. The van der Waals surface area contributed by atoms with Gasteiger partial charge in [-0.1, -0.05) is 17.8 Å². The van der Waals surface area contributed by atoms with E-state index < -0.39 is 30.6 Å². The highest BCUT2D eigenvalue weighted by atomic mass is 32.2. The van der Waals surface area contributed by atoms with Crippen LogP contribution in [0.15, 0.2) is 35.2 Å². The second kappa shape index (κ2) is 9.81. The maximum atomic E-state index is 12.6. The van der Waals surface area contributed by atoms with Gasteiger partial charge >= 0.3 is 12.4 Å². The number of halogens is 6. The predicted molar refractivity (Wildman–Crippen MR) is 100 cm³/mol. The highest BCUT2D eigenvalue weighted by molar-refractivity contribution is 8.01. The quantitative estimate of drug-likeness (QED) is 0.228. The molecule has 2 aromatic rings. The number of rotatable bonds is 9. The zero-order valence-electron chi connectivity index (χ0n) is 14.8. The summed E-state index contributed by atoms with van der Waals surface area (Å²) in [5.74, 6) is -4.44. The van der Waals surface area contributed by atoms with Crippen molar-refractivity contribution in [2.24, 2.45) is 5.92 Å². The number of hydrogen-bond acceptors (Lipinski definition) is 5. The average Bonchev–Trinajstić information content (AvgIpc) is 2.99. The van der Waals surface area contributed by atoms with Crippen LogP contribution in [0.4, 0.5) is 32.0 Å². The summed E-state index contributed by atoms with van der Waals surface area (Å²) in [6.45, 7) is 4.46. The molecule has 0 saturated heterocycles. The van der Waals surface area contributed by atoms with Crippen molar-refractivity contribution in [3.8, 4) is 0 Å². The number of nitrogens with one attached hydrogen (secondary N) is 1. The lowest BCUT2D eigenvalue weighted by Crippen LogP contribution is -2.39. The average molecular weight is 458 g/mol. The number of aromatic nitrogens is 1. The van der Waals surface area contributed by atoms with Gasteiger partial charge in [-0.3, -0.25) is 4.79 Å². The number of thiazole rings is 1. The Bertz CT molecular complexity index is 837. The van der Waals surface area contributed by atoms with Gasteiger partial charge in [-0.05, 0) is 18.2 Å². The molecule has 1 amide bonds. The van der Waals surface area contributed by atoms with Crippen LogP contribution in [0.3, 0.4) is 0 Å². The van der Waals surface area contributed by atoms with E-state index in [-0.39, 0.29) is 5.69 Å². The molecular formula is C17H16F6N2O2S2. The molecule has 29 heavy (non-hydrogen) atoms. The smallest absolute Gasteiger partial charge is 0.377 e. The molecule has 1 aromatic heterocycles. The van der Waals surface area contributed by atoms with Gasteiger partial charge in [0.15, 0.2) is 10.3 Å². The number of hydrogen-bond donors (Lipinski definition) is 1. The van der Waals surface area contributed by atoms with Crippen molar-refractivity contribution in [3.05, 3.63) is 30.9 Å². The van der Waals surface area contributed by atoms with E-state index in [0.717, 1.165) is 4.34 Å². The maximum Gasteiger partial charge on any atom is 0.400 e. The highest BCUT2D eigenvalue weighted by Gasteiger charge is 2.57. The summed E-state index contributed by atoms with van der Waals surface area (Å²) in [5, 5.41) is 2.09. The van der Waals surface area contributed by atoms with Crippen LogP contribution in [-0.2, 0) is 9.53 Å². The number of nitrogens with zero attached hydrogens (tertiary/aromatic N) is 1. The Hall–Kier alpha value is -1.79. The second-order valence-electron chi connectivity index (χ2n) is 5.76. The Kier molecular flexibility index (Phi) is 7.94. The lowest BCUT2D eigenvalue weighted by molar-refractivity contribution is -0.283. The summed E-state index contributed by atoms with van der Waals surface area (Å²) < 4.78 is 82.1. The number of ether oxygens (including phenoxy) is 1. The fourth-order valence-electron chi connectivity index (χ4n) is 2.21. The molecule has 0 aliphatic rings. The van der Waals surface area contributed by atoms with E-state index in [4.69, 9.17) is 4.74 Å². The number of thioether (sulfide) groups is 1. The zero-order valence-corrected chi connectivity index (χ0v) is 16.4. The van der Waals surface area contributed by atoms with Gasteiger partial charge in [-0.2, -0.15) is 26.3 Å². The van der Waals surface area contributed by atoms with E-state index >= 15 is 0 Å². The molecule has 0 aliphatic heterocycles. The molecule has 2 rings (SSSR count). The summed E-state index contributed by atoms with van der Waals surface area (Å²) >= 11 is 2.73. The molecule has 12 heteroatoms. The van der Waals surface area contributed by atoms with Gasteiger partial charge in [0.2, 0.25) is 5.91 Å². The summed E-state index contributed by atoms with van der Waals surface area (Å²) in [6.07, 6.45) is -11.2. The standard InChI is InChI=1S/C17H16F6N2O2S2/c1-2-5-27-6-7-28-15-25-11-4-3-10(8-12(11)29-15)24-14(26)9-13(16(18,19)20)17(21,22)23/h2-4,8,13H,1,5-7,9H2,(H,24,26). The van der Waals surface area contributed by atoms with Crippen LogP contribution in [0, 0.1) is 5.92 Å². The van der Waals surface area contributed by atoms with E-state index in [1.807, 2.05) is 0 Å². The Balaban J connectivity index is 2.01. The van der Waals surface area contributed by atoms with E-state index in [1.165, 1.54) is 41.3 Å². The fourth-order valence-corrected chi connectivity index (χ4v) is 4.24. The molecule has 0 aliphatic carbocycles. The molecule has 0 unspecified atom stereocenters. The molecular weight excluding hydrogens is 442 g/mol. The summed E-state index contributed by atoms with van der Waals surface area (Å²) in [4.78, 5) is 16.1. The molecule has 1 aromatic carbocycles. The van der Waals surface area contributed by atoms with Gasteiger partial charge in [0.05, 0.1) is 23.4 Å². The first-order valence-electron chi connectivity index (χ1n) is 8.16. The number of alkyl halides is 6. The van der Waals surface area contributed by atoms with Crippen molar-refractivity contribution >= 4 is 44.9 Å². The van der Waals surface area contributed by atoms with Crippen LogP contribution in [0.5, 0.6) is 0 Å². The lowest BCUT2D eigenvalue weighted by atomic mass is 10.0. The molecule has 1 heterocycles. The molecule has 0 bridgehead atoms. The topological polar surface area (TPSA) is 51.2 Å². The third kappa shape index (κ3) is 7.19. The third-order valence-corrected chi connectivity index (χ3v) is 5.65. The van der Waals surface area contributed by atoms with Gasteiger partial charge in [0, 0.05) is 17.9 Å². The van der Waals surface area contributed by atoms with Gasteiger partial charge in [0.25, 0.3) is 0 Å². The van der Waals surface area contributed by atoms with Gasteiger partial charge in [-0.25, -0.2) is 4.98 Å². The number of amides is 1. The fraction of sp³-hybridized carbons (Fsp3) is 0.412. The Morgan fingerprint density at radius 1 is 1.28 bits per heavy atom. The van der Waals surface area contributed by atoms with Crippen LogP contribution in [-0.4, -0.2) is 42.2 Å². The first kappa shape index (κ1) is 23.5. The SMILES string of the molecule is C=CCOCCSc1nc2ccc(NC(=O)CC(C(F)(F)F)C(F)(F)F)cc2s1. The van der Waals surface area contributed by atoms with E-state index in [9.17, 15) is 31.1 Å². The normalized spacial score (nSPS) is 12.5. The van der Waals surface area contributed by atoms with E-state index in [2.05, 4.69) is 16.9 Å². The van der Waals surface area contributed by atoms with Crippen LogP contribution in [0.1, 0.15) is 6.42 Å². The zero-order chi connectivity index (χ0) is 21.7. The van der Waals surface area contributed by atoms with Crippen molar-refractivity contribution in [1.82, 2.24) is 4.98 Å². The largest absolute Gasteiger partial charge is 0.400 e. The van der Waals surface area contributed by atoms with Crippen molar-refractivity contribution in [2.75, 3.05) is 24.3 Å². The highest BCUT2D eigenvalue weighted by Crippen LogP contribution is 2.41. The van der Waals surface area contributed by atoms with Crippen LogP contribution >= 0.6 is 23.1 Å². The van der Waals surface area contributed by atoms with Crippen molar-refractivity contribution in [2.45, 2.75) is 23.1 Å². The Morgan fingerprint density at radius 3 is 2.59 bits per heavy atom. The minimum atomic E-state index is -5.56. The van der Waals surface area contributed by atoms with Gasteiger partial charge in [0.1, 0.15) is 0 Å². The lowest BCUT2D eigenvalue weighted by Gasteiger charge is -2.22. The molecule has 0 radical (unpaired) electrons.